The number of hydrogen-bond donors (Lipinski definition) is 0. The summed E-state index contributed by atoms with van der Waals surface area (Å²) in [7, 11) is 0. The first-order chi connectivity index (χ1) is 7.46. The second kappa shape index (κ2) is 4.48. The average molecular weight is 223 g/mol. The number of carbonyl (C=O) groups excluding carboxylic acids is 1. The van der Waals surface area contributed by atoms with Gasteiger partial charge in [-0.1, -0.05) is 27.2 Å². The fraction of sp³-hybridized carbons (Fsp3) is 0.929. The van der Waals surface area contributed by atoms with E-state index < -0.39 is 0 Å². The van der Waals surface area contributed by atoms with Gasteiger partial charge < -0.3 is 0 Å². The molecule has 2 nitrogen and oxygen atoms in total. The molecular formula is C14H25NO. The van der Waals surface area contributed by atoms with E-state index in [-0.39, 0.29) is 0 Å². The highest BCUT2D eigenvalue weighted by Crippen LogP contribution is 2.33. The van der Waals surface area contributed by atoms with Crippen LogP contribution in [0.1, 0.15) is 59.3 Å². The topological polar surface area (TPSA) is 20.3 Å². The van der Waals surface area contributed by atoms with Gasteiger partial charge in [-0.25, -0.2) is 0 Å². The van der Waals surface area contributed by atoms with Crippen molar-refractivity contribution >= 4 is 5.78 Å². The van der Waals surface area contributed by atoms with Crippen molar-refractivity contribution in [3.63, 3.8) is 0 Å². The Hall–Kier alpha value is -0.370. The lowest BCUT2D eigenvalue weighted by atomic mass is 9.82. The van der Waals surface area contributed by atoms with Crippen LogP contribution in [-0.2, 0) is 4.79 Å². The van der Waals surface area contributed by atoms with Crippen LogP contribution in [0.4, 0.5) is 0 Å². The summed E-state index contributed by atoms with van der Waals surface area (Å²) in [6, 6.07) is 1.14. The van der Waals surface area contributed by atoms with Crippen molar-refractivity contribution in [2.45, 2.75) is 71.4 Å². The number of ketones is 1. The Morgan fingerprint density at radius 2 is 1.75 bits per heavy atom. The predicted molar refractivity (Wildman–Crippen MR) is 66.4 cm³/mol. The maximum absolute atomic E-state index is 11.6. The molecule has 2 fully saturated rings. The maximum Gasteiger partial charge on any atom is 0.136 e. The highest BCUT2D eigenvalue weighted by Gasteiger charge is 2.37. The van der Waals surface area contributed by atoms with Gasteiger partial charge in [0.15, 0.2) is 0 Å². The molecule has 0 aromatic rings. The normalized spacial score (nSPS) is 31.8. The predicted octanol–water partition coefficient (Wildman–Crippen LogP) is 3.01. The summed E-state index contributed by atoms with van der Waals surface area (Å²) in [5.74, 6) is 0.502. The molecule has 0 aromatic heterocycles. The number of carbonyl (C=O) groups is 1. The molecule has 2 heteroatoms. The Morgan fingerprint density at radius 3 is 2.25 bits per heavy atom. The van der Waals surface area contributed by atoms with E-state index in [0.29, 0.717) is 23.3 Å². The number of rotatable bonds is 2. The minimum atomic E-state index is 0.412. The summed E-state index contributed by atoms with van der Waals surface area (Å²) in [6.45, 7) is 8.10. The van der Waals surface area contributed by atoms with Crippen LogP contribution in [0.5, 0.6) is 0 Å². The van der Waals surface area contributed by atoms with E-state index >= 15 is 0 Å². The van der Waals surface area contributed by atoms with Crippen LogP contribution in [0.25, 0.3) is 0 Å². The third kappa shape index (κ3) is 2.85. The van der Waals surface area contributed by atoms with Crippen molar-refractivity contribution in [3.05, 3.63) is 0 Å². The molecular weight excluding hydrogens is 198 g/mol. The number of nitrogens with zero attached hydrogens (tertiary/aromatic N) is 1. The van der Waals surface area contributed by atoms with E-state index in [2.05, 4.69) is 25.7 Å². The Bertz CT molecular complexity index is 250. The molecule has 0 aliphatic carbocycles. The SMILES string of the molecule is CC(C)(C)CCN1C2CCCC1CC(=O)C2. The lowest BCUT2D eigenvalue weighted by Gasteiger charge is -2.46. The van der Waals surface area contributed by atoms with E-state index in [1.165, 1.54) is 32.2 Å². The molecule has 2 rings (SSSR count). The first-order valence-electron chi connectivity index (χ1n) is 6.73. The average Bonchev–Trinajstić information content (AvgIpc) is 2.12. The van der Waals surface area contributed by atoms with Gasteiger partial charge in [0.05, 0.1) is 0 Å². The van der Waals surface area contributed by atoms with Crippen molar-refractivity contribution in [3.8, 4) is 0 Å². The summed E-state index contributed by atoms with van der Waals surface area (Å²) in [5, 5.41) is 0. The molecule has 0 amide bonds. The van der Waals surface area contributed by atoms with E-state index in [0.717, 1.165) is 12.8 Å². The van der Waals surface area contributed by atoms with Gasteiger partial charge in [-0.15, -0.1) is 0 Å². The summed E-state index contributed by atoms with van der Waals surface area (Å²) in [5.41, 5.74) is 0.412. The fourth-order valence-corrected chi connectivity index (χ4v) is 3.10. The summed E-state index contributed by atoms with van der Waals surface area (Å²) >= 11 is 0. The molecule has 0 radical (unpaired) electrons. The fourth-order valence-electron chi connectivity index (χ4n) is 3.10. The Morgan fingerprint density at radius 1 is 1.19 bits per heavy atom. The highest BCUT2D eigenvalue weighted by atomic mass is 16.1. The molecule has 2 unspecified atom stereocenters. The van der Waals surface area contributed by atoms with Crippen LogP contribution in [0.15, 0.2) is 0 Å². The summed E-state index contributed by atoms with van der Waals surface area (Å²) in [6.07, 6.45) is 6.70. The minimum absolute atomic E-state index is 0.412. The van der Waals surface area contributed by atoms with Crippen molar-refractivity contribution in [2.75, 3.05) is 6.54 Å². The molecule has 0 N–H and O–H groups in total. The Kier molecular flexibility index (Phi) is 3.39. The molecule has 2 aliphatic heterocycles. The van der Waals surface area contributed by atoms with Crippen molar-refractivity contribution < 1.29 is 4.79 Å². The van der Waals surface area contributed by atoms with Crippen LogP contribution in [-0.4, -0.2) is 29.3 Å². The van der Waals surface area contributed by atoms with Crippen molar-refractivity contribution in [1.82, 2.24) is 4.90 Å². The highest BCUT2D eigenvalue weighted by molar-refractivity contribution is 5.80. The first kappa shape index (κ1) is 12.1. The van der Waals surface area contributed by atoms with Crippen LogP contribution in [0.3, 0.4) is 0 Å². The van der Waals surface area contributed by atoms with Crippen molar-refractivity contribution in [1.29, 1.82) is 0 Å². The van der Waals surface area contributed by atoms with Gasteiger partial charge in [0.25, 0.3) is 0 Å². The smallest absolute Gasteiger partial charge is 0.136 e. The van der Waals surface area contributed by atoms with E-state index in [1.54, 1.807) is 0 Å². The molecule has 2 aliphatic rings. The van der Waals surface area contributed by atoms with Gasteiger partial charge in [0.2, 0.25) is 0 Å². The van der Waals surface area contributed by atoms with E-state index in [9.17, 15) is 4.79 Å². The molecule has 2 bridgehead atoms. The van der Waals surface area contributed by atoms with Crippen molar-refractivity contribution in [2.24, 2.45) is 5.41 Å². The van der Waals surface area contributed by atoms with Crippen LogP contribution in [0, 0.1) is 5.41 Å². The summed E-state index contributed by atoms with van der Waals surface area (Å²) in [4.78, 5) is 14.2. The zero-order chi connectivity index (χ0) is 11.8. The second-order valence-electron chi connectivity index (χ2n) is 6.73. The lowest BCUT2D eigenvalue weighted by molar-refractivity contribution is -0.127. The standard InChI is InChI=1S/C14H25NO/c1-14(2,3)7-8-15-11-5-4-6-12(15)10-13(16)9-11/h11-12H,4-10H2,1-3H3. The molecule has 2 saturated heterocycles. The Labute approximate surface area is 99.4 Å². The van der Waals surface area contributed by atoms with Gasteiger partial charge in [-0.05, 0) is 31.2 Å². The van der Waals surface area contributed by atoms with E-state index in [4.69, 9.17) is 0 Å². The Balaban J connectivity index is 1.96. The number of piperidine rings is 2. The number of fused-ring (bicyclic) bond motifs is 2. The molecule has 2 atom stereocenters. The molecule has 2 heterocycles. The monoisotopic (exact) mass is 223 g/mol. The number of Topliss-reactive ketones (excluding diaryl/α,β-unsaturated/α-hetero) is 1. The van der Waals surface area contributed by atoms with Crippen LogP contribution >= 0.6 is 0 Å². The lowest BCUT2D eigenvalue weighted by Crippen LogP contribution is -2.52. The number of hydrogen-bond acceptors (Lipinski definition) is 2. The molecule has 0 aromatic carbocycles. The minimum Gasteiger partial charge on any atom is -0.300 e. The summed E-state index contributed by atoms with van der Waals surface area (Å²) < 4.78 is 0. The molecule has 0 saturated carbocycles. The first-order valence-corrected chi connectivity index (χ1v) is 6.73. The van der Waals surface area contributed by atoms with Crippen LogP contribution < -0.4 is 0 Å². The maximum atomic E-state index is 11.6. The van der Waals surface area contributed by atoms with Gasteiger partial charge in [-0.3, -0.25) is 9.69 Å². The van der Waals surface area contributed by atoms with Gasteiger partial charge >= 0.3 is 0 Å². The zero-order valence-corrected chi connectivity index (χ0v) is 11.0. The van der Waals surface area contributed by atoms with Gasteiger partial charge in [0.1, 0.15) is 5.78 Å². The molecule has 92 valence electrons. The molecule has 16 heavy (non-hydrogen) atoms. The molecule has 0 spiro atoms. The zero-order valence-electron chi connectivity index (χ0n) is 11.0. The van der Waals surface area contributed by atoms with Gasteiger partial charge in [-0.2, -0.15) is 0 Å². The van der Waals surface area contributed by atoms with Gasteiger partial charge in [0, 0.05) is 24.9 Å². The third-order valence-corrected chi connectivity index (χ3v) is 4.06. The quantitative estimate of drug-likeness (QED) is 0.717. The largest absolute Gasteiger partial charge is 0.300 e. The van der Waals surface area contributed by atoms with Crippen LogP contribution in [0.2, 0.25) is 0 Å². The second-order valence-corrected chi connectivity index (χ2v) is 6.73. The third-order valence-electron chi connectivity index (χ3n) is 4.06. The van der Waals surface area contributed by atoms with E-state index in [1.807, 2.05) is 0 Å².